The predicted octanol–water partition coefficient (Wildman–Crippen LogP) is 2.19. The molecule has 0 aliphatic heterocycles. The highest BCUT2D eigenvalue weighted by Crippen LogP contribution is 2.31. The first kappa shape index (κ1) is 18.0. The highest BCUT2D eigenvalue weighted by atomic mass is 16.4. The number of carbonyl (C=O) groups excluding carboxylic acids is 1. The molecule has 6 nitrogen and oxygen atoms in total. The number of amides is 2. The van der Waals surface area contributed by atoms with Gasteiger partial charge in [-0.1, -0.05) is 26.7 Å². The molecule has 2 rings (SSSR count). The van der Waals surface area contributed by atoms with Crippen LogP contribution in [0.3, 0.4) is 0 Å². The average Bonchev–Trinajstić information content (AvgIpc) is 2.38. The monoisotopic (exact) mass is 325 g/mol. The van der Waals surface area contributed by atoms with Gasteiger partial charge in [0.05, 0.1) is 6.54 Å². The van der Waals surface area contributed by atoms with E-state index in [0.29, 0.717) is 12.0 Å². The minimum atomic E-state index is -0.788. The van der Waals surface area contributed by atoms with Crippen molar-refractivity contribution in [2.45, 2.75) is 76.9 Å². The van der Waals surface area contributed by atoms with E-state index in [1.54, 1.807) is 0 Å². The Morgan fingerprint density at radius 3 is 2.43 bits per heavy atom. The predicted molar refractivity (Wildman–Crippen MR) is 89.4 cm³/mol. The lowest BCUT2D eigenvalue weighted by Crippen LogP contribution is -2.57. The molecule has 2 aliphatic rings. The van der Waals surface area contributed by atoms with E-state index in [1.165, 1.54) is 19.3 Å². The largest absolute Gasteiger partial charge is 0.480 e. The van der Waals surface area contributed by atoms with Crippen LogP contribution < -0.4 is 10.6 Å². The van der Waals surface area contributed by atoms with Crippen molar-refractivity contribution in [2.24, 2.45) is 5.92 Å². The van der Waals surface area contributed by atoms with Gasteiger partial charge < -0.3 is 15.7 Å². The number of aliphatic carboxylic acids is 1. The van der Waals surface area contributed by atoms with E-state index < -0.39 is 5.97 Å². The quantitative estimate of drug-likeness (QED) is 0.607. The first-order valence-electron chi connectivity index (χ1n) is 9.06. The van der Waals surface area contributed by atoms with Gasteiger partial charge in [0.2, 0.25) is 0 Å². The Kier molecular flexibility index (Phi) is 6.69. The summed E-state index contributed by atoms with van der Waals surface area (Å²) >= 11 is 0. The van der Waals surface area contributed by atoms with Crippen LogP contribution in [0.5, 0.6) is 0 Å². The van der Waals surface area contributed by atoms with Gasteiger partial charge in [0.25, 0.3) is 0 Å². The van der Waals surface area contributed by atoms with E-state index in [9.17, 15) is 9.59 Å². The van der Waals surface area contributed by atoms with Gasteiger partial charge in [0, 0.05) is 18.1 Å². The van der Waals surface area contributed by atoms with Crippen molar-refractivity contribution >= 4 is 12.0 Å². The lowest BCUT2D eigenvalue weighted by molar-refractivity contribution is -0.139. The second-order valence-electron chi connectivity index (χ2n) is 6.98. The Morgan fingerprint density at radius 2 is 1.96 bits per heavy atom. The Hall–Kier alpha value is -1.30. The van der Waals surface area contributed by atoms with E-state index in [2.05, 4.69) is 17.6 Å². The topological polar surface area (TPSA) is 81.7 Å². The lowest BCUT2D eigenvalue weighted by Gasteiger charge is -2.42. The van der Waals surface area contributed by atoms with Crippen LogP contribution in [0.2, 0.25) is 0 Å². The molecular formula is C17H31N3O3. The molecule has 0 aromatic carbocycles. The molecule has 23 heavy (non-hydrogen) atoms. The number of rotatable bonds is 9. The Balaban J connectivity index is 1.69. The smallest absolute Gasteiger partial charge is 0.317 e. The molecule has 6 heteroatoms. The first-order chi connectivity index (χ1) is 11.0. The number of hydrogen-bond acceptors (Lipinski definition) is 3. The summed E-state index contributed by atoms with van der Waals surface area (Å²) in [6, 6.07) is 0.704. The third-order valence-corrected chi connectivity index (χ3v) is 5.34. The van der Waals surface area contributed by atoms with Crippen molar-refractivity contribution in [2.75, 3.05) is 13.1 Å². The maximum absolute atomic E-state index is 12.2. The number of carbonyl (C=O) groups is 2. The van der Waals surface area contributed by atoms with Gasteiger partial charge in [-0.05, 0) is 44.6 Å². The van der Waals surface area contributed by atoms with Crippen LogP contribution in [-0.2, 0) is 4.79 Å². The van der Waals surface area contributed by atoms with Crippen molar-refractivity contribution in [3.05, 3.63) is 0 Å². The molecule has 0 bridgehead atoms. The molecule has 0 spiro atoms. The van der Waals surface area contributed by atoms with E-state index in [0.717, 1.165) is 32.2 Å². The van der Waals surface area contributed by atoms with E-state index in [4.69, 9.17) is 5.11 Å². The second-order valence-corrected chi connectivity index (χ2v) is 6.98. The van der Waals surface area contributed by atoms with Gasteiger partial charge in [0.15, 0.2) is 0 Å². The van der Waals surface area contributed by atoms with Crippen LogP contribution in [0.4, 0.5) is 4.79 Å². The Labute approximate surface area is 139 Å². The highest BCUT2D eigenvalue weighted by molar-refractivity contribution is 5.74. The number of nitrogens with one attached hydrogen (secondary N) is 2. The average molecular weight is 325 g/mol. The number of nitrogens with zero attached hydrogens (tertiary/aromatic N) is 1. The van der Waals surface area contributed by atoms with Crippen molar-refractivity contribution in [1.82, 2.24) is 15.5 Å². The molecule has 2 fully saturated rings. The second kappa shape index (κ2) is 8.52. The van der Waals surface area contributed by atoms with Crippen LogP contribution in [0.1, 0.15) is 58.8 Å². The van der Waals surface area contributed by atoms with Crippen LogP contribution in [0, 0.1) is 5.92 Å². The lowest BCUT2D eigenvalue weighted by atomic mass is 9.78. The third-order valence-electron chi connectivity index (χ3n) is 5.34. The molecule has 0 aromatic rings. The fourth-order valence-corrected chi connectivity index (χ4v) is 3.65. The van der Waals surface area contributed by atoms with Crippen LogP contribution >= 0.6 is 0 Å². The molecule has 0 radical (unpaired) electrons. The third kappa shape index (κ3) is 5.09. The standard InChI is InChI=1S/C17H31N3O3/c1-3-6-15(12-7-5-8-12)19-17(23)18-13-9-14(10-13)20(4-2)11-16(21)22/h12-15H,3-11H2,1-2H3,(H,21,22)(H2,18,19,23). The fourth-order valence-electron chi connectivity index (χ4n) is 3.65. The zero-order chi connectivity index (χ0) is 16.8. The molecule has 2 aliphatic carbocycles. The van der Waals surface area contributed by atoms with Gasteiger partial charge >= 0.3 is 12.0 Å². The minimum absolute atomic E-state index is 0.0555. The molecule has 0 heterocycles. The zero-order valence-corrected chi connectivity index (χ0v) is 14.4. The van der Waals surface area contributed by atoms with E-state index >= 15 is 0 Å². The SMILES string of the molecule is CCCC(NC(=O)NC1CC(N(CC)CC(=O)O)C1)C1CCC1. The van der Waals surface area contributed by atoms with Crippen LogP contribution in [-0.4, -0.2) is 53.2 Å². The van der Waals surface area contributed by atoms with Crippen molar-refractivity contribution in [3.63, 3.8) is 0 Å². The number of hydrogen-bond donors (Lipinski definition) is 3. The summed E-state index contributed by atoms with van der Waals surface area (Å²) in [7, 11) is 0. The molecule has 2 saturated carbocycles. The van der Waals surface area contributed by atoms with Gasteiger partial charge in [-0.15, -0.1) is 0 Å². The zero-order valence-electron chi connectivity index (χ0n) is 14.4. The Bertz CT molecular complexity index is 406. The van der Waals surface area contributed by atoms with Crippen LogP contribution in [0.15, 0.2) is 0 Å². The van der Waals surface area contributed by atoms with Gasteiger partial charge in [-0.3, -0.25) is 9.69 Å². The van der Waals surface area contributed by atoms with Crippen molar-refractivity contribution < 1.29 is 14.7 Å². The maximum Gasteiger partial charge on any atom is 0.317 e. The van der Waals surface area contributed by atoms with Gasteiger partial charge in [-0.25, -0.2) is 4.79 Å². The van der Waals surface area contributed by atoms with E-state index in [-0.39, 0.29) is 24.7 Å². The summed E-state index contributed by atoms with van der Waals surface area (Å²) in [5.41, 5.74) is 0. The molecule has 3 N–H and O–H groups in total. The normalized spacial score (nSPS) is 25.3. The highest BCUT2D eigenvalue weighted by Gasteiger charge is 2.35. The van der Waals surface area contributed by atoms with E-state index in [1.807, 2.05) is 11.8 Å². The number of carboxylic acid groups (broad SMARTS) is 1. The van der Waals surface area contributed by atoms with Crippen molar-refractivity contribution in [1.29, 1.82) is 0 Å². The van der Waals surface area contributed by atoms with Crippen LogP contribution in [0.25, 0.3) is 0 Å². The van der Waals surface area contributed by atoms with Crippen molar-refractivity contribution in [3.8, 4) is 0 Å². The molecule has 2 amide bonds. The number of likely N-dealkylation sites (N-methyl/N-ethyl adjacent to an activating group) is 1. The molecule has 0 aromatic heterocycles. The fraction of sp³-hybridized carbons (Fsp3) is 0.882. The summed E-state index contributed by atoms with van der Waals surface area (Å²) in [6.07, 6.45) is 7.58. The summed E-state index contributed by atoms with van der Waals surface area (Å²) < 4.78 is 0. The minimum Gasteiger partial charge on any atom is -0.480 e. The summed E-state index contributed by atoms with van der Waals surface area (Å²) in [5.74, 6) is -0.134. The molecule has 132 valence electrons. The molecule has 0 saturated heterocycles. The molecule has 1 atom stereocenters. The maximum atomic E-state index is 12.2. The Morgan fingerprint density at radius 1 is 1.26 bits per heavy atom. The molecule has 1 unspecified atom stereocenters. The number of urea groups is 1. The number of carboxylic acids is 1. The summed E-state index contributed by atoms with van der Waals surface area (Å²) in [5, 5.41) is 15.1. The summed E-state index contributed by atoms with van der Waals surface area (Å²) in [4.78, 5) is 25.0. The summed E-state index contributed by atoms with van der Waals surface area (Å²) in [6.45, 7) is 4.95. The molecular weight excluding hydrogens is 294 g/mol. The van der Waals surface area contributed by atoms with Gasteiger partial charge in [-0.2, -0.15) is 0 Å². The van der Waals surface area contributed by atoms with Gasteiger partial charge in [0.1, 0.15) is 0 Å². The first-order valence-corrected chi connectivity index (χ1v) is 9.06.